The molecule has 1 aromatic heterocycles. The highest BCUT2D eigenvalue weighted by atomic mass is 32.2. The van der Waals surface area contributed by atoms with Gasteiger partial charge in [-0.15, -0.1) is 0 Å². The second kappa shape index (κ2) is 11.3. The van der Waals surface area contributed by atoms with Crippen LogP contribution in [0.4, 0.5) is 21.0 Å². The monoisotopic (exact) mass is 559 g/mol. The van der Waals surface area contributed by atoms with Crippen LogP contribution in [0.5, 0.6) is 0 Å². The number of amides is 1. The molecule has 2 aliphatic heterocycles. The van der Waals surface area contributed by atoms with Crippen LogP contribution >= 0.6 is 0 Å². The number of rotatable bonds is 5. The molecule has 0 radical (unpaired) electrons. The van der Waals surface area contributed by atoms with Gasteiger partial charge in [0.25, 0.3) is 0 Å². The summed E-state index contributed by atoms with van der Waals surface area (Å²) in [7, 11) is 0. The fourth-order valence-corrected chi connectivity index (χ4v) is 6.39. The summed E-state index contributed by atoms with van der Waals surface area (Å²) in [6, 6.07) is 22.4. The molecule has 1 unspecified atom stereocenters. The third-order valence-corrected chi connectivity index (χ3v) is 8.72. The molecule has 3 aromatic carbocycles. The van der Waals surface area contributed by atoms with E-state index < -0.39 is 29.5 Å². The third-order valence-electron chi connectivity index (χ3n) is 7.28. The van der Waals surface area contributed by atoms with Gasteiger partial charge in [-0.1, -0.05) is 60.2 Å². The lowest BCUT2D eigenvalue weighted by Gasteiger charge is -2.23. The quantitative estimate of drug-likeness (QED) is 0.350. The summed E-state index contributed by atoms with van der Waals surface area (Å²) in [4.78, 5) is 26.6. The van der Waals surface area contributed by atoms with Crippen molar-refractivity contribution in [3.63, 3.8) is 0 Å². The molecule has 206 valence electrons. The van der Waals surface area contributed by atoms with E-state index in [4.69, 9.17) is 14.7 Å². The van der Waals surface area contributed by atoms with E-state index in [9.17, 15) is 9.35 Å². The summed E-state index contributed by atoms with van der Waals surface area (Å²) in [5, 5.41) is 4.06. The Kier molecular flexibility index (Phi) is 7.44. The molecule has 3 atom stereocenters. The standard InChI is InChI=1S/C30H30FN5O3S/c1-20-11-12-25-23(15-20)28(34-29(33-25)35-13-14-40(38)27-10-6-5-9-22(27)16-35)32-26-18-36(17-24(26)31)30(37)39-19-21-7-3-2-4-8-21/h2-12,15,24,26H,13-14,16-19H2,1H3,(H,32,33,34)/t24-,26-,40?/m1/s1. The Labute approximate surface area is 235 Å². The van der Waals surface area contributed by atoms with Crippen LogP contribution in [0.25, 0.3) is 10.9 Å². The van der Waals surface area contributed by atoms with Crippen LogP contribution < -0.4 is 10.2 Å². The Morgan fingerprint density at radius 2 is 1.90 bits per heavy atom. The average Bonchev–Trinajstić information content (AvgIpc) is 3.25. The zero-order valence-corrected chi connectivity index (χ0v) is 22.9. The third kappa shape index (κ3) is 5.55. The van der Waals surface area contributed by atoms with Crippen LogP contribution in [-0.4, -0.2) is 63.1 Å². The number of carbonyl (C=O) groups excluding carboxylic acids is 1. The van der Waals surface area contributed by atoms with E-state index in [1.54, 1.807) is 0 Å². The number of aromatic nitrogens is 2. The first-order valence-electron chi connectivity index (χ1n) is 13.3. The van der Waals surface area contributed by atoms with Gasteiger partial charge in [0.2, 0.25) is 5.95 Å². The lowest BCUT2D eigenvalue weighted by Crippen LogP contribution is -2.33. The summed E-state index contributed by atoms with van der Waals surface area (Å²) in [5.74, 6) is 1.46. The molecule has 8 nitrogen and oxygen atoms in total. The van der Waals surface area contributed by atoms with Crippen molar-refractivity contribution in [1.29, 1.82) is 0 Å². The molecule has 0 spiro atoms. The van der Waals surface area contributed by atoms with Crippen molar-refractivity contribution in [1.82, 2.24) is 14.9 Å². The Morgan fingerprint density at radius 3 is 2.75 bits per heavy atom. The van der Waals surface area contributed by atoms with Crippen LogP contribution in [0.2, 0.25) is 0 Å². The number of alkyl halides is 1. The van der Waals surface area contributed by atoms with Gasteiger partial charge in [-0.05, 0) is 41.9 Å². The lowest BCUT2D eigenvalue weighted by atomic mass is 10.1. The van der Waals surface area contributed by atoms with Crippen LogP contribution in [0, 0.1) is 6.92 Å². The summed E-state index contributed by atoms with van der Waals surface area (Å²) in [6.07, 6.45) is -1.84. The number of ether oxygens (including phenoxy) is 1. The first-order valence-corrected chi connectivity index (χ1v) is 14.6. The maximum Gasteiger partial charge on any atom is 0.410 e. The molecule has 1 saturated heterocycles. The zero-order chi connectivity index (χ0) is 27.6. The first-order chi connectivity index (χ1) is 19.4. The Morgan fingerprint density at radius 1 is 1.10 bits per heavy atom. The number of carbonyl (C=O) groups is 1. The molecule has 1 amide bonds. The molecule has 3 heterocycles. The lowest BCUT2D eigenvalue weighted by molar-refractivity contribution is 0.102. The number of nitrogens with one attached hydrogen (secondary N) is 1. The fourth-order valence-electron chi connectivity index (χ4n) is 5.13. The molecule has 40 heavy (non-hydrogen) atoms. The van der Waals surface area contributed by atoms with E-state index in [0.29, 0.717) is 30.6 Å². The van der Waals surface area contributed by atoms with Crippen molar-refractivity contribution in [3.05, 3.63) is 89.5 Å². The largest absolute Gasteiger partial charge is 0.611 e. The normalized spacial score (nSPS) is 20.7. The zero-order valence-electron chi connectivity index (χ0n) is 22.1. The predicted molar refractivity (Wildman–Crippen MR) is 154 cm³/mol. The first kappa shape index (κ1) is 26.3. The van der Waals surface area contributed by atoms with Gasteiger partial charge in [0.05, 0.1) is 31.2 Å². The van der Waals surface area contributed by atoms with Crippen LogP contribution in [0.1, 0.15) is 16.7 Å². The van der Waals surface area contributed by atoms with Crippen LogP contribution in [0.15, 0.2) is 77.7 Å². The van der Waals surface area contributed by atoms with Crippen molar-refractivity contribution in [2.75, 3.05) is 35.6 Å². The van der Waals surface area contributed by atoms with Gasteiger partial charge in [0.1, 0.15) is 24.3 Å². The summed E-state index contributed by atoms with van der Waals surface area (Å²) < 4.78 is 33.5. The summed E-state index contributed by atoms with van der Waals surface area (Å²) >= 11 is -1.11. The topological polar surface area (TPSA) is 93.6 Å². The Bertz CT molecular complexity index is 1520. The van der Waals surface area contributed by atoms with Gasteiger partial charge in [-0.3, -0.25) is 0 Å². The van der Waals surface area contributed by atoms with E-state index in [1.165, 1.54) is 4.90 Å². The molecule has 0 aliphatic carbocycles. The number of fused-ring (bicyclic) bond motifs is 2. The summed E-state index contributed by atoms with van der Waals surface area (Å²) in [5.41, 5.74) is 3.60. The van der Waals surface area contributed by atoms with E-state index in [1.807, 2.05) is 84.6 Å². The number of nitrogens with zero attached hydrogens (tertiary/aromatic N) is 4. The number of halogens is 1. The van der Waals surface area contributed by atoms with Gasteiger partial charge < -0.3 is 24.4 Å². The number of hydrogen-bond donors (Lipinski definition) is 1. The van der Waals surface area contributed by atoms with Crippen LogP contribution in [0.3, 0.4) is 0 Å². The second-order valence-corrected chi connectivity index (χ2v) is 11.7. The minimum atomic E-state index is -1.30. The maximum atomic E-state index is 15.2. The molecule has 0 bridgehead atoms. The molecule has 2 aliphatic rings. The Hall–Kier alpha value is -3.89. The van der Waals surface area contributed by atoms with Gasteiger partial charge in [-0.25, -0.2) is 14.2 Å². The SMILES string of the molecule is Cc1ccc2nc(N3CC[S+]([O-])c4ccccc4C3)nc(N[C@@H]3CN(C(=O)OCc4ccccc4)C[C@H]3F)c2c1. The number of hydrogen-bond acceptors (Lipinski definition) is 7. The smallest absolute Gasteiger partial charge is 0.410 e. The van der Waals surface area contributed by atoms with Gasteiger partial charge >= 0.3 is 6.09 Å². The molecule has 1 N–H and O–H groups in total. The van der Waals surface area contributed by atoms with E-state index in [2.05, 4.69) is 5.32 Å². The number of likely N-dealkylation sites (tertiary alicyclic amines) is 1. The number of aryl methyl sites for hydroxylation is 1. The highest BCUT2D eigenvalue weighted by Gasteiger charge is 2.37. The molecule has 1 fully saturated rings. The maximum absolute atomic E-state index is 15.2. The molecule has 0 saturated carbocycles. The van der Waals surface area contributed by atoms with Crippen molar-refractivity contribution in [3.8, 4) is 0 Å². The Balaban J connectivity index is 1.23. The molecule has 10 heteroatoms. The van der Waals surface area contributed by atoms with E-state index in [0.717, 1.165) is 32.5 Å². The average molecular weight is 560 g/mol. The van der Waals surface area contributed by atoms with Gasteiger partial charge in [0, 0.05) is 17.5 Å². The van der Waals surface area contributed by atoms with Crippen molar-refractivity contribution >= 4 is 39.9 Å². The van der Waals surface area contributed by atoms with E-state index >= 15 is 4.39 Å². The molecular weight excluding hydrogens is 529 g/mol. The molecule has 6 rings (SSSR count). The number of anilines is 2. The number of benzene rings is 3. The molecular formula is C30H30FN5O3S. The highest BCUT2D eigenvalue weighted by molar-refractivity contribution is 7.91. The minimum absolute atomic E-state index is 0.0606. The van der Waals surface area contributed by atoms with Crippen molar-refractivity contribution < 1.29 is 18.5 Å². The second-order valence-electron chi connectivity index (χ2n) is 10.2. The minimum Gasteiger partial charge on any atom is -0.611 e. The van der Waals surface area contributed by atoms with E-state index in [-0.39, 0.29) is 19.7 Å². The van der Waals surface area contributed by atoms with Crippen molar-refractivity contribution in [2.45, 2.75) is 37.2 Å². The fraction of sp³-hybridized carbons (Fsp3) is 0.300. The predicted octanol–water partition coefficient (Wildman–Crippen LogP) is 4.84. The van der Waals surface area contributed by atoms with Gasteiger partial charge in [0.15, 0.2) is 4.90 Å². The molecule has 4 aromatic rings. The van der Waals surface area contributed by atoms with Crippen molar-refractivity contribution in [2.24, 2.45) is 0 Å². The summed E-state index contributed by atoms with van der Waals surface area (Å²) in [6.45, 7) is 3.25. The van der Waals surface area contributed by atoms with Gasteiger partial charge in [-0.2, -0.15) is 4.98 Å². The van der Waals surface area contributed by atoms with Crippen LogP contribution in [-0.2, 0) is 29.1 Å². The highest BCUT2D eigenvalue weighted by Crippen LogP contribution is 2.30.